The van der Waals surface area contributed by atoms with Crippen molar-refractivity contribution in [3.05, 3.63) is 35.4 Å². The molecule has 0 atom stereocenters. The SMILES string of the molecule is CC.CC(=O)c1ccc(C2CCN(C(=O)CCCC(C)C)CC2)cc1. The molecular formula is C22H35NO2. The monoisotopic (exact) mass is 345 g/mol. The Hall–Kier alpha value is -1.64. The Balaban J connectivity index is 0.00000151. The average Bonchev–Trinajstić information content (AvgIpc) is 2.63. The standard InChI is InChI=1S/C20H29NO2.C2H6/c1-15(2)5-4-6-20(23)21-13-11-19(12-14-21)18-9-7-17(8-10-18)16(3)22;1-2/h7-10,15,19H,4-6,11-14H2,1-3H3;1-2H3. The second-order valence-electron chi connectivity index (χ2n) is 7.12. The number of carbonyl (C=O) groups is 2. The van der Waals surface area contributed by atoms with E-state index in [9.17, 15) is 9.59 Å². The van der Waals surface area contributed by atoms with Crippen LogP contribution in [0.1, 0.15) is 88.6 Å². The first-order chi connectivity index (χ1) is 12.0. The third-order valence-electron chi connectivity index (χ3n) is 4.81. The zero-order chi connectivity index (χ0) is 18.8. The highest BCUT2D eigenvalue weighted by molar-refractivity contribution is 5.94. The van der Waals surface area contributed by atoms with Crippen LogP contribution in [0.25, 0.3) is 0 Å². The molecule has 2 rings (SSSR count). The number of benzene rings is 1. The Morgan fingerprint density at radius 3 is 2.12 bits per heavy atom. The van der Waals surface area contributed by atoms with E-state index in [4.69, 9.17) is 0 Å². The van der Waals surface area contributed by atoms with E-state index in [1.165, 1.54) is 5.56 Å². The van der Waals surface area contributed by atoms with Gasteiger partial charge >= 0.3 is 0 Å². The summed E-state index contributed by atoms with van der Waals surface area (Å²) in [4.78, 5) is 25.6. The molecular weight excluding hydrogens is 310 g/mol. The number of hydrogen-bond donors (Lipinski definition) is 0. The lowest BCUT2D eigenvalue weighted by atomic mass is 9.88. The van der Waals surface area contributed by atoms with Crippen LogP contribution in [-0.4, -0.2) is 29.7 Å². The topological polar surface area (TPSA) is 37.4 Å². The third-order valence-corrected chi connectivity index (χ3v) is 4.81. The number of amides is 1. The molecule has 0 aromatic heterocycles. The highest BCUT2D eigenvalue weighted by Crippen LogP contribution is 2.28. The predicted molar refractivity (Wildman–Crippen MR) is 105 cm³/mol. The molecule has 0 bridgehead atoms. The van der Waals surface area contributed by atoms with Gasteiger partial charge in [-0.2, -0.15) is 0 Å². The Kier molecular flexibility index (Phi) is 9.48. The van der Waals surface area contributed by atoms with E-state index in [0.29, 0.717) is 24.2 Å². The number of piperidine rings is 1. The van der Waals surface area contributed by atoms with Crippen LogP contribution >= 0.6 is 0 Å². The van der Waals surface area contributed by atoms with Crippen LogP contribution in [0.3, 0.4) is 0 Å². The van der Waals surface area contributed by atoms with Gasteiger partial charge in [0, 0.05) is 25.1 Å². The maximum atomic E-state index is 12.2. The minimum absolute atomic E-state index is 0.110. The molecule has 1 heterocycles. The summed E-state index contributed by atoms with van der Waals surface area (Å²) in [7, 11) is 0. The van der Waals surface area contributed by atoms with Gasteiger partial charge < -0.3 is 4.90 Å². The zero-order valence-electron chi connectivity index (χ0n) is 16.7. The lowest BCUT2D eigenvalue weighted by Gasteiger charge is -2.32. The van der Waals surface area contributed by atoms with E-state index in [2.05, 4.69) is 26.0 Å². The normalized spacial score (nSPS) is 14.9. The highest BCUT2D eigenvalue weighted by Gasteiger charge is 2.23. The largest absolute Gasteiger partial charge is 0.343 e. The highest BCUT2D eigenvalue weighted by atomic mass is 16.2. The van der Waals surface area contributed by atoms with Crippen molar-refractivity contribution in [1.29, 1.82) is 0 Å². The van der Waals surface area contributed by atoms with Gasteiger partial charge in [-0.05, 0) is 43.6 Å². The lowest BCUT2D eigenvalue weighted by Crippen LogP contribution is -2.37. The van der Waals surface area contributed by atoms with E-state index in [1.807, 2.05) is 30.9 Å². The molecule has 1 aromatic carbocycles. The molecule has 0 radical (unpaired) electrons. The predicted octanol–water partition coefficient (Wildman–Crippen LogP) is 5.45. The Labute approximate surface area is 153 Å². The van der Waals surface area contributed by atoms with Gasteiger partial charge in [0.1, 0.15) is 0 Å². The quantitative estimate of drug-likeness (QED) is 0.643. The van der Waals surface area contributed by atoms with Crippen LogP contribution in [0.5, 0.6) is 0 Å². The van der Waals surface area contributed by atoms with E-state index in [-0.39, 0.29) is 5.78 Å². The molecule has 25 heavy (non-hydrogen) atoms. The van der Waals surface area contributed by atoms with Crippen LogP contribution in [0.15, 0.2) is 24.3 Å². The van der Waals surface area contributed by atoms with Crippen LogP contribution in [0.4, 0.5) is 0 Å². The molecule has 1 fully saturated rings. The van der Waals surface area contributed by atoms with E-state index in [0.717, 1.165) is 44.3 Å². The summed E-state index contributed by atoms with van der Waals surface area (Å²) in [5, 5.41) is 0. The lowest BCUT2D eigenvalue weighted by molar-refractivity contribution is -0.132. The molecule has 1 aliphatic rings. The van der Waals surface area contributed by atoms with Crippen molar-refractivity contribution in [2.75, 3.05) is 13.1 Å². The summed E-state index contributed by atoms with van der Waals surface area (Å²) < 4.78 is 0. The molecule has 1 aromatic rings. The smallest absolute Gasteiger partial charge is 0.222 e. The summed E-state index contributed by atoms with van der Waals surface area (Å²) in [6.07, 6.45) is 4.87. The van der Waals surface area contributed by atoms with Crippen LogP contribution in [-0.2, 0) is 4.79 Å². The fourth-order valence-corrected chi connectivity index (χ4v) is 3.27. The van der Waals surface area contributed by atoms with Crippen molar-refractivity contribution in [2.24, 2.45) is 5.92 Å². The first-order valence-corrected chi connectivity index (χ1v) is 9.86. The number of Topliss-reactive ketones (excluding diaryl/α,β-unsaturated/α-hetero) is 1. The van der Waals surface area contributed by atoms with Crippen LogP contribution < -0.4 is 0 Å². The Bertz CT molecular complexity index is 525. The minimum atomic E-state index is 0.110. The van der Waals surface area contributed by atoms with E-state index in [1.54, 1.807) is 6.92 Å². The van der Waals surface area contributed by atoms with Gasteiger partial charge in [0.15, 0.2) is 5.78 Å². The second kappa shape index (κ2) is 11.1. The fraction of sp³-hybridized carbons (Fsp3) is 0.636. The Morgan fingerprint density at radius 1 is 1.08 bits per heavy atom. The van der Waals surface area contributed by atoms with Crippen molar-refractivity contribution in [3.63, 3.8) is 0 Å². The van der Waals surface area contributed by atoms with Crippen molar-refractivity contribution in [3.8, 4) is 0 Å². The van der Waals surface area contributed by atoms with Crippen molar-refractivity contribution < 1.29 is 9.59 Å². The number of carbonyl (C=O) groups excluding carboxylic acids is 2. The first kappa shape index (κ1) is 21.4. The van der Waals surface area contributed by atoms with Gasteiger partial charge in [-0.3, -0.25) is 9.59 Å². The molecule has 0 aliphatic carbocycles. The number of likely N-dealkylation sites (tertiary alicyclic amines) is 1. The number of nitrogens with zero attached hydrogens (tertiary/aromatic N) is 1. The van der Waals surface area contributed by atoms with Crippen LogP contribution in [0, 0.1) is 5.92 Å². The summed E-state index contributed by atoms with van der Waals surface area (Å²) in [6.45, 7) is 11.7. The van der Waals surface area contributed by atoms with Gasteiger partial charge in [-0.25, -0.2) is 0 Å². The summed E-state index contributed by atoms with van der Waals surface area (Å²) >= 11 is 0. The van der Waals surface area contributed by atoms with Crippen molar-refractivity contribution in [2.45, 2.75) is 72.6 Å². The van der Waals surface area contributed by atoms with Gasteiger partial charge in [0.2, 0.25) is 5.91 Å². The van der Waals surface area contributed by atoms with E-state index < -0.39 is 0 Å². The maximum absolute atomic E-state index is 12.2. The van der Waals surface area contributed by atoms with Gasteiger partial charge in [-0.15, -0.1) is 0 Å². The minimum Gasteiger partial charge on any atom is -0.343 e. The Morgan fingerprint density at radius 2 is 1.64 bits per heavy atom. The maximum Gasteiger partial charge on any atom is 0.222 e. The molecule has 1 amide bonds. The molecule has 1 saturated heterocycles. The molecule has 0 N–H and O–H groups in total. The molecule has 0 saturated carbocycles. The van der Waals surface area contributed by atoms with Gasteiger partial charge in [0.25, 0.3) is 0 Å². The molecule has 140 valence electrons. The number of hydrogen-bond acceptors (Lipinski definition) is 2. The molecule has 3 nitrogen and oxygen atoms in total. The molecule has 0 spiro atoms. The molecule has 1 aliphatic heterocycles. The van der Waals surface area contributed by atoms with Gasteiger partial charge in [-0.1, -0.05) is 58.4 Å². The average molecular weight is 346 g/mol. The second-order valence-corrected chi connectivity index (χ2v) is 7.12. The molecule has 3 heteroatoms. The fourth-order valence-electron chi connectivity index (χ4n) is 3.27. The summed E-state index contributed by atoms with van der Waals surface area (Å²) in [5.74, 6) is 1.61. The van der Waals surface area contributed by atoms with Crippen LogP contribution in [0.2, 0.25) is 0 Å². The zero-order valence-corrected chi connectivity index (χ0v) is 16.7. The molecule has 0 unspecified atom stereocenters. The first-order valence-electron chi connectivity index (χ1n) is 9.86. The summed E-state index contributed by atoms with van der Waals surface area (Å²) in [5.41, 5.74) is 2.06. The van der Waals surface area contributed by atoms with E-state index >= 15 is 0 Å². The third kappa shape index (κ3) is 7.01. The van der Waals surface area contributed by atoms with Crippen molar-refractivity contribution >= 4 is 11.7 Å². The summed E-state index contributed by atoms with van der Waals surface area (Å²) in [6, 6.07) is 7.98. The van der Waals surface area contributed by atoms with Crippen molar-refractivity contribution in [1.82, 2.24) is 4.90 Å². The number of rotatable bonds is 6. The number of ketones is 1. The van der Waals surface area contributed by atoms with Gasteiger partial charge in [0.05, 0.1) is 0 Å².